The highest BCUT2D eigenvalue weighted by Crippen LogP contribution is 2.42. The second-order valence-corrected chi connectivity index (χ2v) is 7.43. The highest BCUT2D eigenvalue weighted by atomic mass is 16.4. The number of benzene rings is 4. The molecule has 0 aromatic heterocycles. The van der Waals surface area contributed by atoms with E-state index in [1.54, 1.807) is 6.08 Å². The van der Waals surface area contributed by atoms with Gasteiger partial charge in [0.05, 0.1) is 0 Å². The van der Waals surface area contributed by atoms with Crippen molar-refractivity contribution in [3.05, 3.63) is 132 Å². The van der Waals surface area contributed by atoms with Crippen LogP contribution in [0.5, 0.6) is 0 Å². The molecule has 0 heterocycles. The van der Waals surface area contributed by atoms with E-state index in [-0.39, 0.29) is 0 Å². The zero-order valence-corrected chi connectivity index (χ0v) is 17.6. The van der Waals surface area contributed by atoms with E-state index in [0.29, 0.717) is 5.71 Å². The van der Waals surface area contributed by atoms with Gasteiger partial charge in [0, 0.05) is 11.1 Å². The summed E-state index contributed by atoms with van der Waals surface area (Å²) in [5.74, 6) is 0. The van der Waals surface area contributed by atoms with Gasteiger partial charge in [-0.2, -0.15) is 0 Å². The summed E-state index contributed by atoms with van der Waals surface area (Å²) >= 11 is 0. The van der Waals surface area contributed by atoms with Gasteiger partial charge in [-0.1, -0.05) is 108 Å². The van der Waals surface area contributed by atoms with Gasteiger partial charge in [-0.3, -0.25) is 0 Å². The minimum atomic E-state index is 0.587. The Morgan fingerprint density at radius 1 is 0.742 bits per heavy atom. The molecule has 0 unspecified atom stereocenters. The zero-order valence-electron chi connectivity index (χ0n) is 17.6. The monoisotopic (exact) mass is 403 g/mol. The van der Waals surface area contributed by atoms with E-state index in [1.165, 1.54) is 27.8 Å². The molecule has 0 aliphatic heterocycles. The molecular formula is C29H25NO. The molecular weight excluding hydrogens is 378 g/mol. The molecule has 0 spiro atoms. The Morgan fingerprint density at radius 3 is 2.00 bits per heavy atom. The smallest absolute Gasteiger partial charge is 0.117 e. The summed E-state index contributed by atoms with van der Waals surface area (Å²) in [5.41, 5.74) is 10.0. The highest BCUT2D eigenvalue weighted by Gasteiger charge is 2.23. The molecule has 1 aliphatic rings. The third-order valence-electron chi connectivity index (χ3n) is 5.47. The first kappa shape index (κ1) is 20.4. The second kappa shape index (κ2) is 9.27. The lowest BCUT2D eigenvalue weighted by Gasteiger charge is -2.15. The topological polar surface area (TPSA) is 32.6 Å². The molecule has 0 amide bonds. The molecule has 0 atom stereocenters. The molecule has 1 N–H and O–H groups in total. The maximum absolute atomic E-state index is 9.83. The largest absolute Gasteiger partial charge is 0.410 e. The summed E-state index contributed by atoms with van der Waals surface area (Å²) in [7, 11) is 0. The number of oxime groups is 1. The fourth-order valence-corrected chi connectivity index (χ4v) is 4.20. The molecule has 1 aliphatic carbocycles. The van der Waals surface area contributed by atoms with E-state index < -0.39 is 0 Å². The third kappa shape index (κ3) is 3.93. The van der Waals surface area contributed by atoms with Crippen LogP contribution in [0, 0.1) is 0 Å². The van der Waals surface area contributed by atoms with Crippen molar-refractivity contribution < 1.29 is 5.21 Å². The van der Waals surface area contributed by atoms with Crippen molar-refractivity contribution in [2.45, 2.75) is 13.3 Å². The molecule has 2 nitrogen and oxygen atoms in total. The number of rotatable bonds is 3. The van der Waals surface area contributed by atoms with Gasteiger partial charge in [0.15, 0.2) is 0 Å². The molecule has 0 saturated carbocycles. The minimum Gasteiger partial charge on any atom is -0.410 e. The molecule has 4 aromatic rings. The molecule has 31 heavy (non-hydrogen) atoms. The lowest BCUT2D eigenvalue weighted by atomic mass is 9.89. The van der Waals surface area contributed by atoms with Gasteiger partial charge in [0.25, 0.3) is 0 Å². The van der Waals surface area contributed by atoms with Crippen LogP contribution >= 0.6 is 0 Å². The first-order valence-corrected chi connectivity index (χ1v) is 10.4. The van der Waals surface area contributed by atoms with Crippen molar-refractivity contribution in [3.63, 3.8) is 0 Å². The third-order valence-corrected chi connectivity index (χ3v) is 5.47. The van der Waals surface area contributed by atoms with Crippen LogP contribution in [0.25, 0.3) is 22.3 Å². The lowest BCUT2D eigenvalue weighted by molar-refractivity contribution is 0.319. The number of hydrogen-bond acceptors (Lipinski definition) is 2. The van der Waals surface area contributed by atoms with Crippen molar-refractivity contribution in [2.75, 3.05) is 0 Å². The molecule has 152 valence electrons. The Kier molecular flexibility index (Phi) is 6.09. The molecule has 0 saturated heterocycles. The van der Waals surface area contributed by atoms with E-state index in [0.717, 1.165) is 23.1 Å². The van der Waals surface area contributed by atoms with E-state index in [2.05, 4.69) is 60.3 Å². The number of hydrogen-bond donors (Lipinski definition) is 1. The van der Waals surface area contributed by atoms with Crippen LogP contribution in [0.3, 0.4) is 0 Å². The van der Waals surface area contributed by atoms with Crippen LogP contribution in [-0.4, -0.2) is 10.9 Å². The van der Waals surface area contributed by atoms with E-state index in [9.17, 15) is 5.21 Å². The Balaban J connectivity index is 0.000000730. The van der Waals surface area contributed by atoms with Gasteiger partial charge in [-0.15, -0.1) is 6.58 Å². The predicted molar refractivity (Wildman–Crippen MR) is 130 cm³/mol. The van der Waals surface area contributed by atoms with Crippen LogP contribution in [0.15, 0.2) is 115 Å². The molecule has 0 fully saturated rings. The summed E-state index contributed by atoms with van der Waals surface area (Å²) in [5, 5.41) is 13.5. The van der Waals surface area contributed by atoms with Gasteiger partial charge in [-0.05, 0) is 46.7 Å². The number of fused-ring (bicyclic) bond motifs is 3. The van der Waals surface area contributed by atoms with Crippen LogP contribution in [0.2, 0.25) is 0 Å². The minimum absolute atomic E-state index is 0.587. The maximum Gasteiger partial charge on any atom is 0.117 e. The second-order valence-electron chi connectivity index (χ2n) is 7.43. The Hall–Kier alpha value is -3.91. The van der Waals surface area contributed by atoms with Gasteiger partial charge in [-0.25, -0.2) is 0 Å². The standard InChI is InChI=1S/C26H19NO.C3H6/c28-27-26(18-9-2-1-3-10-18)24-14-7-6-13-22(24)23-16-8-15-21-20-12-5-4-11-19(20)17-25(21)23;1-3-2/h1-16,28H,17H2;3H,1H2,2H3. The van der Waals surface area contributed by atoms with Gasteiger partial charge in [0.2, 0.25) is 0 Å². The Labute approximate surface area is 183 Å². The average molecular weight is 404 g/mol. The van der Waals surface area contributed by atoms with E-state index in [1.807, 2.05) is 55.5 Å². The molecule has 0 bridgehead atoms. The lowest BCUT2D eigenvalue weighted by Crippen LogP contribution is -2.06. The summed E-state index contributed by atoms with van der Waals surface area (Å²) in [6.45, 7) is 5.25. The highest BCUT2D eigenvalue weighted by molar-refractivity contribution is 6.16. The van der Waals surface area contributed by atoms with Crippen molar-refractivity contribution in [3.8, 4) is 22.3 Å². The van der Waals surface area contributed by atoms with Gasteiger partial charge in [0.1, 0.15) is 5.71 Å². The van der Waals surface area contributed by atoms with E-state index in [4.69, 9.17) is 0 Å². The Bertz CT molecular complexity index is 1240. The number of allylic oxidation sites excluding steroid dienone is 1. The van der Waals surface area contributed by atoms with Crippen molar-refractivity contribution in [2.24, 2.45) is 5.16 Å². The van der Waals surface area contributed by atoms with Crippen LogP contribution in [0.1, 0.15) is 29.2 Å². The van der Waals surface area contributed by atoms with Crippen LogP contribution < -0.4 is 0 Å². The van der Waals surface area contributed by atoms with Crippen molar-refractivity contribution >= 4 is 5.71 Å². The summed E-state index contributed by atoms with van der Waals surface area (Å²) in [6.07, 6.45) is 2.67. The molecule has 4 aromatic carbocycles. The first-order valence-electron chi connectivity index (χ1n) is 10.4. The summed E-state index contributed by atoms with van der Waals surface area (Å²) in [6, 6.07) is 33.1. The zero-order chi connectivity index (χ0) is 21.6. The van der Waals surface area contributed by atoms with Gasteiger partial charge < -0.3 is 5.21 Å². The van der Waals surface area contributed by atoms with Crippen molar-refractivity contribution in [1.82, 2.24) is 0 Å². The molecule has 5 rings (SSSR count). The first-order chi connectivity index (χ1) is 15.3. The Morgan fingerprint density at radius 2 is 1.29 bits per heavy atom. The predicted octanol–water partition coefficient (Wildman–Crippen LogP) is 7.34. The molecule has 2 heteroatoms. The quantitative estimate of drug-likeness (QED) is 0.145. The number of nitrogens with zero attached hydrogens (tertiary/aromatic N) is 1. The fraction of sp³-hybridized carbons (Fsp3) is 0.0690. The van der Waals surface area contributed by atoms with Crippen LogP contribution in [-0.2, 0) is 6.42 Å². The van der Waals surface area contributed by atoms with Crippen molar-refractivity contribution in [1.29, 1.82) is 0 Å². The fourth-order valence-electron chi connectivity index (χ4n) is 4.20. The summed E-state index contributed by atoms with van der Waals surface area (Å²) < 4.78 is 0. The van der Waals surface area contributed by atoms with E-state index >= 15 is 0 Å². The van der Waals surface area contributed by atoms with Gasteiger partial charge >= 0.3 is 0 Å². The maximum atomic E-state index is 9.83. The molecule has 0 radical (unpaired) electrons. The normalized spacial score (nSPS) is 11.7. The average Bonchev–Trinajstić information content (AvgIpc) is 3.20. The van der Waals surface area contributed by atoms with Crippen LogP contribution in [0.4, 0.5) is 0 Å². The SMILES string of the molecule is C=CC.ON=C(c1ccccc1)c1ccccc1-c1cccc2c1Cc1ccccc1-2. The summed E-state index contributed by atoms with van der Waals surface area (Å²) in [4.78, 5) is 0.